The first-order valence-electron chi connectivity index (χ1n) is 9.86. The maximum absolute atomic E-state index is 13.4. The summed E-state index contributed by atoms with van der Waals surface area (Å²) in [6.07, 6.45) is 5.29. The second kappa shape index (κ2) is 8.44. The number of carbonyl (C=O) groups excluding carboxylic acids is 2. The standard InChI is InChI=1S/C25H20BrNO4/c1-4-12-31-19-11-10-15(13-18(19)26)21-20(25(29)30-5-2)14(3)27-23-16-8-6-7-9-17(16)24(28)22(21)23/h1,6-11,13,21,27H,5,12H2,2-3H3/t21-/m1/s1. The topological polar surface area (TPSA) is 64.6 Å². The number of halogens is 1. The molecule has 0 bridgehead atoms. The van der Waals surface area contributed by atoms with Gasteiger partial charge in [0.05, 0.1) is 22.3 Å². The van der Waals surface area contributed by atoms with Gasteiger partial charge in [-0.05, 0) is 47.5 Å². The van der Waals surface area contributed by atoms with Crippen LogP contribution in [0, 0.1) is 12.3 Å². The van der Waals surface area contributed by atoms with E-state index in [0.29, 0.717) is 32.6 Å². The van der Waals surface area contributed by atoms with Crippen LogP contribution < -0.4 is 10.1 Å². The van der Waals surface area contributed by atoms with Crippen molar-refractivity contribution in [2.75, 3.05) is 13.2 Å². The number of ether oxygens (including phenoxy) is 2. The molecule has 0 saturated carbocycles. The minimum Gasteiger partial charge on any atom is -0.480 e. The third-order valence-corrected chi connectivity index (χ3v) is 5.96. The number of rotatable bonds is 5. The lowest BCUT2D eigenvalue weighted by atomic mass is 9.80. The average molecular weight is 478 g/mol. The van der Waals surface area contributed by atoms with Gasteiger partial charge >= 0.3 is 5.97 Å². The van der Waals surface area contributed by atoms with Crippen LogP contribution in [0.3, 0.4) is 0 Å². The van der Waals surface area contributed by atoms with E-state index in [1.807, 2.05) is 37.3 Å². The van der Waals surface area contributed by atoms with E-state index in [4.69, 9.17) is 15.9 Å². The molecule has 1 N–H and O–H groups in total. The average Bonchev–Trinajstić information content (AvgIpc) is 3.04. The smallest absolute Gasteiger partial charge is 0.336 e. The number of esters is 1. The Morgan fingerprint density at radius 1 is 1.23 bits per heavy atom. The van der Waals surface area contributed by atoms with Crippen molar-refractivity contribution < 1.29 is 19.1 Å². The van der Waals surface area contributed by atoms with Crippen LogP contribution in [0.25, 0.3) is 5.70 Å². The molecular formula is C25H20BrNO4. The van der Waals surface area contributed by atoms with Crippen LogP contribution in [0.1, 0.15) is 41.3 Å². The van der Waals surface area contributed by atoms with Gasteiger partial charge in [0.15, 0.2) is 5.78 Å². The van der Waals surface area contributed by atoms with E-state index < -0.39 is 11.9 Å². The number of carbonyl (C=O) groups is 2. The second-order valence-corrected chi connectivity index (χ2v) is 8.02. The molecule has 31 heavy (non-hydrogen) atoms. The van der Waals surface area contributed by atoms with E-state index in [2.05, 4.69) is 27.2 Å². The fourth-order valence-corrected chi connectivity index (χ4v) is 4.59. The van der Waals surface area contributed by atoms with Gasteiger partial charge in [0.1, 0.15) is 12.4 Å². The minimum atomic E-state index is -0.576. The molecule has 1 aliphatic carbocycles. The van der Waals surface area contributed by atoms with Crippen molar-refractivity contribution in [1.82, 2.24) is 5.32 Å². The van der Waals surface area contributed by atoms with Gasteiger partial charge in [-0.3, -0.25) is 4.79 Å². The van der Waals surface area contributed by atoms with Crippen LogP contribution in [0.5, 0.6) is 5.75 Å². The zero-order chi connectivity index (χ0) is 22.1. The van der Waals surface area contributed by atoms with Gasteiger partial charge < -0.3 is 14.8 Å². The Labute approximate surface area is 189 Å². The molecule has 1 heterocycles. The summed E-state index contributed by atoms with van der Waals surface area (Å²) in [5, 5.41) is 3.29. The minimum absolute atomic E-state index is 0.0961. The van der Waals surface area contributed by atoms with Crippen molar-refractivity contribution in [3.05, 3.63) is 80.5 Å². The van der Waals surface area contributed by atoms with E-state index in [1.54, 1.807) is 19.1 Å². The Bertz CT molecular complexity index is 1200. The largest absolute Gasteiger partial charge is 0.480 e. The molecule has 1 aliphatic heterocycles. The molecule has 0 amide bonds. The van der Waals surface area contributed by atoms with Gasteiger partial charge in [-0.1, -0.05) is 36.3 Å². The Kier molecular flexibility index (Phi) is 5.71. The summed E-state index contributed by atoms with van der Waals surface area (Å²) in [7, 11) is 0. The van der Waals surface area contributed by atoms with Crippen LogP contribution in [0.2, 0.25) is 0 Å². The van der Waals surface area contributed by atoms with Gasteiger partial charge in [-0.25, -0.2) is 4.79 Å². The number of Topliss-reactive ketones (excluding diaryl/α,β-unsaturated/α-hetero) is 1. The summed E-state index contributed by atoms with van der Waals surface area (Å²) in [4.78, 5) is 26.4. The molecule has 6 heteroatoms. The van der Waals surface area contributed by atoms with E-state index in [9.17, 15) is 9.59 Å². The molecule has 0 aromatic heterocycles. The molecular weight excluding hydrogens is 458 g/mol. The van der Waals surface area contributed by atoms with Crippen LogP contribution in [-0.2, 0) is 9.53 Å². The van der Waals surface area contributed by atoms with Crippen LogP contribution in [0.15, 0.2) is 63.8 Å². The van der Waals surface area contributed by atoms with Crippen molar-refractivity contribution in [2.45, 2.75) is 19.8 Å². The summed E-state index contributed by atoms with van der Waals surface area (Å²) < 4.78 is 11.6. The van der Waals surface area contributed by atoms with Crippen LogP contribution in [-0.4, -0.2) is 25.0 Å². The van der Waals surface area contributed by atoms with Crippen molar-refractivity contribution in [1.29, 1.82) is 0 Å². The van der Waals surface area contributed by atoms with Crippen molar-refractivity contribution in [3.63, 3.8) is 0 Å². The van der Waals surface area contributed by atoms with Crippen molar-refractivity contribution >= 4 is 33.4 Å². The quantitative estimate of drug-likeness (QED) is 0.503. The zero-order valence-corrected chi connectivity index (χ0v) is 18.7. The monoisotopic (exact) mass is 477 g/mol. The third-order valence-electron chi connectivity index (χ3n) is 5.34. The lowest BCUT2D eigenvalue weighted by molar-refractivity contribution is -0.138. The fourth-order valence-electron chi connectivity index (χ4n) is 4.07. The number of terminal acetylenes is 1. The van der Waals surface area contributed by atoms with Gasteiger partial charge in [0.25, 0.3) is 0 Å². The SMILES string of the molecule is C#CCOc1ccc([C@@H]2C(C(=O)OCC)=C(C)NC3=C2C(=O)c2ccccc23)cc1Br. The third kappa shape index (κ3) is 3.55. The number of allylic oxidation sites excluding steroid dienone is 2. The molecule has 0 saturated heterocycles. The van der Waals surface area contributed by atoms with E-state index in [-0.39, 0.29) is 19.0 Å². The first-order valence-corrected chi connectivity index (χ1v) is 10.7. The molecule has 5 nitrogen and oxygen atoms in total. The number of hydrogen-bond donors (Lipinski definition) is 1. The summed E-state index contributed by atoms with van der Waals surface area (Å²) in [5.41, 5.74) is 4.59. The zero-order valence-electron chi connectivity index (χ0n) is 17.1. The molecule has 4 rings (SSSR count). The van der Waals surface area contributed by atoms with Gasteiger partial charge in [-0.2, -0.15) is 0 Å². The number of ketones is 1. The summed E-state index contributed by atoms with van der Waals surface area (Å²) in [6.45, 7) is 3.97. The van der Waals surface area contributed by atoms with Crippen LogP contribution >= 0.6 is 15.9 Å². The molecule has 0 radical (unpaired) electrons. The fraction of sp³-hybridized carbons (Fsp3) is 0.200. The number of dihydropyridines is 1. The normalized spacial score (nSPS) is 17.0. The maximum atomic E-state index is 13.4. The lowest BCUT2D eigenvalue weighted by Crippen LogP contribution is -2.29. The first kappa shape index (κ1) is 21.0. The molecule has 0 spiro atoms. The van der Waals surface area contributed by atoms with Gasteiger partial charge in [0, 0.05) is 28.3 Å². The summed E-state index contributed by atoms with van der Waals surface area (Å²) in [5.74, 6) is 1.91. The van der Waals surface area contributed by atoms with Crippen molar-refractivity contribution in [2.24, 2.45) is 0 Å². The number of hydrogen-bond acceptors (Lipinski definition) is 5. The summed E-state index contributed by atoms with van der Waals surface area (Å²) in [6, 6.07) is 12.9. The number of nitrogens with one attached hydrogen (secondary N) is 1. The predicted molar refractivity (Wildman–Crippen MR) is 121 cm³/mol. The van der Waals surface area contributed by atoms with Crippen LogP contribution in [0.4, 0.5) is 0 Å². The molecule has 2 aromatic rings. The number of fused-ring (bicyclic) bond motifs is 2. The highest BCUT2D eigenvalue weighted by Gasteiger charge is 2.42. The molecule has 2 aliphatic rings. The second-order valence-electron chi connectivity index (χ2n) is 7.16. The Morgan fingerprint density at radius 3 is 2.65 bits per heavy atom. The molecule has 1 atom stereocenters. The molecule has 0 unspecified atom stereocenters. The Morgan fingerprint density at radius 2 is 1.97 bits per heavy atom. The highest BCUT2D eigenvalue weighted by Crippen LogP contribution is 2.47. The maximum Gasteiger partial charge on any atom is 0.336 e. The number of benzene rings is 2. The first-order chi connectivity index (χ1) is 15.0. The van der Waals surface area contributed by atoms with E-state index >= 15 is 0 Å². The molecule has 0 fully saturated rings. The molecule has 2 aromatic carbocycles. The predicted octanol–water partition coefficient (Wildman–Crippen LogP) is 4.59. The van der Waals surface area contributed by atoms with Gasteiger partial charge in [0.2, 0.25) is 0 Å². The van der Waals surface area contributed by atoms with E-state index in [0.717, 1.165) is 16.8 Å². The van der Waals surface area contributed by atoms with Crippen molar-refractivity contribution in [3.8, 4) is 18.1 Å². The Hall–Kier alpha value is -3.30. The lowest BCUT2D eigenvalue weighted by Gasteiger charge is -2.29. The van der Waals surface area contributed by atoms with E-state index in [1.165, 1.54) is 0 Å². The highest BCUT2D eigenvalue weighted by atomic mass is 79.9. The summed E-state index contributed by atoms with van der Waals surface area (Å²) >= 11 is 3.52. The molecule has 156 valence electrons. The Balaban J connectivity index is 1.87. The highest BCUT2D eigenvalue weighted by molar-refractivity contribution is 9.10. The van der Waals surface area contributed by atoms with Gasteiger partial charge in [-0.15, -0.1) is 6.42 Å².